The molecule has 0 aromatic heterocycles. The standard InChI is InChI=1S/C32H41N3O5/c1-9-22-12-10-11-13-25(22)28(29(36)33-23-14-16-24(39-8)17-15-23)35(27-19-21(27)4)30(37)26(18-20(2)3)34-31(38)40-32(5,6)7/h1,10-17,20-21,26-28H,18-19H2,2-8H3,(H,33,36)(H,34,38). The molecule has 8 heteroatoms. The van der Waals surface area contributed by atoms with Gasteiger partial charge in [0.25, 0.3) is 5.91 Å². The maximum Gasteiger partial charge on any atom is 0.408 e. The molecule has 8 nitrogen and oxygen atoms in total. The Labute approximate surface area is 237 Å². The van der Waals surface area contributed by atoms with Crippen molar-refractivity contribution in [3.05, 3.63) is 59.7 Å². The highest BCUT2D eigenvalue weighted by atomic mass is 16.6. The van der Waals surface area contributed by atoms with Crippen LogP contribution in [0, 0.1) is 24.2 Å². The Hall–Kier alpha value is -3.99. The van der Waals surface area contributed by atoms with Crippen LogP contribution in [0.15, 0.2) is 48.5 Å². The fraction of sp³-hybridized carbons (Fsp3) is 0.469. The molecule has 2 N–H and O–H groups in total. The Balaban J connectivity index is 2.06. The Morgan fingerprint density at radius 1 is 1.10 bits per heavy atom. The number of nitrogens with zero attached hydrogens (tertiary/aromatic N) is 1. The smallest absolute Gasteiger partial charge is 0.408 e. The molecule has 1 aliphatic rings. The van der Waals surface area contributed by atoms with E-state index < -0.39 is 29.7 Å². The zero-order chi connectivity index (χ0) is 29.6. The average Bonchev–Trinajstić information content (AvgIpc) is 3.61. The Morgan fingerprint density at radius 3 is 2.25 bits per heavy atom. The second-order valence-electron chi connectivity index (χ2n) is 11.7. The van der Waals surface area contributed by atoms with E-state index in [-0.39, 0.29) is 23.8 Å². The molecule has 0 aliphatic heterocycles. The minimum absolute atomic E-state index is 0.0898. The van der Waals surface area contributed by atoms with Gasteiger partial charge in [0.2, 0.25) is 5.91 Å². The largest absolute Gasteiger partial charge is 0.497 e. The molecule has 1 aliphatic carbocycles. The molecular formula is C32H41N3O5. The third-order valence-electron chi connectivity index (χ3n) is 6.67. The number of carbonyl (C=O) groups excluding carboxylic acids is 3. The molecule has 0 heterocycles. The summed E-state index contributed by atoms with van der Waals surface area (Å²) in [5.74, 6) is 2.84. The van der Waals surface area contributed by atoms with E-state index in [1.807, 2.05) is 20.8 Å². The molecule has 0 radical (unpaired) electrons. The number of nitrogens with one attached hydrogen (secondary N) is 2. The molecule has 2 aromatic carbocycles. The van der Waals surface area contributed by atoms with Gasteiger partial charge in [0.05, 0.1) is 7.11 Å². The van der Waals surface area contributed by atoms with Crippen molar-refractivity contribution in [2.45, 2.75) is 78.1 Å². The molecule has 1 saturated carbocycles. The number of ether oxygens (including phenoxy) is 2. The van der Waals surface area contributed by atoms with Crippen molar-refractivity contribution < 1.29 is 23.9 Å². The number of benzene rings is 2. The lowest BCUT2D eigenvalue weighted by molar-refractivity contribution is -0.142. The van der Waals surface area contributed by atoms with Crippen LogP contribution in [0.2, 0.25) is 0 Å². The molecular weight excluding hydrogens is 506 g/mol. The van der Waals surface area contributed by atoms with Gasteiger partial charge in [0, 0.05) is 17.3 Å². The molecule has 40 heavy (non-hydrogen) atoms. The average molecular weight is 548 g/mol. The van der Waals surface area contributed by atoms with Gasteiger partial charge in [-0.3, -0.25) is 9.59 Å². The van der Waals surface area contributed by atoms with Crippen LogP contribution in [-0.2, 0) is 14.3 Å². The van der Waals surface area contributed by atoms with Gasteiger partial charge in [-0.1, -0.05) is 44.9 Å². The molecule has 4 unspecified atom stereocenters. The maximum atomic E-state index is 14.4. The predicted molar refractivity (Wildman–Crippen MR) is 156 cm³/mol. The number of terminal acetylenes is 1. The van der Waals surface area contributed by atoms with Crippen molar-refractivity contribution in [1.29, 1.82) is 0 Å². The minimum Gasteiger partial charge on any atom is -0.497 e. The molecule has 214 valence electrons. The van der Waals surface area contributed by atoms with E-state index >= 15 is 0 Å². The zero-order valence-electron chi connectivity index (χ0n) is 24.5. The highest BCUT2D eigenvalue weighted by Crippen LogP contribution is 2.42. The van der Waals surface area contributed by atoms with Gasteiger partial charge in [-0.05, 0) is 81.3 Å². The topological polar surface area (TPSA) is 97.0 Å². The molecule has 0 saturated heterocycles. The van der Waals surface area contributed by atoms with E-state index in [2.05, 4.69) is 16.6 Å². The SMILES string of the molecule is C#Cc1ccccc1C(C(=O)Nc1ccc(OC)cc1)N(C(=O)C(CC(C)C)NC(=O)OC(C)(C)C)C1CC1C. The van der Waals surface area contributed by atoms with Gasteiger partial charge in [-0.15, -0.1) is 6.42 Å². The summed E-state index contributed by atoms with van der Waals surface area (Å²) in [5, 5.41) is 5.74. The van der Waals surface area contributed by atoms with Gasteiger partial charge in [0.15, 0.2) is 0 Å². The number of amides is 3. The first-order chi connectivity index (χ1) is 18.8. The van der Waals surface area contributed by atoms with Crippen molar-refractivity contribution in [2.75, 3.05) is 12.4 Å². The number of carbonyl (C=O) groups is 3. The molecule has 0 bridgehead atoms. The summed E-state index contributed by atoms with van der Waals surface area (Å²) in [6, 6.07) is 12.0. The lowest BCUT2D eigenvalue weighted by atomic mass is 9.95. The second kappa shape index (κ2) is 12.9. The van der Waals surface area contributed by atoms with E-state index in [1.54, 1.807) is 81.3 Å². The van der Waals surface area contributed by atoms with Gasteiger partial charge in [0.1, 0.15) is 23.4 Å². The summed E-state index contributed by atoms with van der Waals surface area (Å²) < 4.78 is 10.7. The van der Waals surface area contributed by atoms with Crippen molar-refractivity contribution in [3.63, 3.8) is 0 Å². The molecule has 3 rings (SSSR count). The quantitative estimate of drug-likeness (QED) is 0.381. The molecule has 3 amide bonds. The van der Waals surface area contributed by atoms with E-state index in [0.717, 1.165) is 6.42 Å². The summed E-state index contributed by atoms with van der Waals surface area (Å²) in [7, 11) is 1.57. The second-order valence-corrected chi connectivity index (χ2v) is 11.7. The third kappa shape index (κ3) is 8.01. The van der Waals surface area contributed by atoms with E-state index in [1.165, 1.54) is 0 Å². The summed E-state index contributed by atoms with van der Waals surface area (Å²) in [6.45, 7) is 11.3. The van der Waals surface area contributed by atoms with Gasteiger partial charge in [-0.2, -0.15) is 0 Å². The van der Waals surface area contributed by atoms with E-state index in [9.17, 15) is 14.4 Å². The summed E-state index contributed by atoms with van der Waals surface area (Å²) in [5.41, 5.74) is 0.885. The number of methoxy groups -OCH3 is 1. The van der Waals surface area contributed by atoms with Gasteiger partial charge >= 0.3 is 6.09 Å². The summed E-state index contributed by atoms with van der Waals surface area (Å²) in [4.78, 5) is 42.8. The first kappa shape index (κ1) is 30.6. The van der Waals surface area contributed by atoms with Crippen molar-refractivity contribution in [2.24, 2.45) is 11.8 Å². The fourth-order valence-electron chi connectivity index (χ4n) is 4.66. The summed E-state index contributed by atoms with van der Waals surface area (Å²) in [6.07, 6.45) is 6.27. The highest BCUT2D eigenvalue weighted by molar-refractivity contribution is 5.99. The van der Waals surface area contributed by atoms with Gasteiger partial charge < -0.3 is 25.0 Å². The molecule has 2 aromatic rings. The lowest BCUT2D eigenvalue weighted by Gasteiger charge is -2.36. The Kier molecular flexibility index (Phi) is 9.86. The van der Waals surface area contributed by atoms with Gasteiger partial charge in [-0.25, -0.2) is 4.79 Å². The van der Waals surface area contributed by atoms with Crippen LogP contribution in [0.25, 0.3) is 0 Å². The van der Waals surface area contributed by atoms with Crippen molar-refractivity contribution >= 4 is 23.6 Å². The number of anilines is 1. The predicted octanol–water partition coefficient (Wildman–Crippen LogP) is 5.53. The fourth-order valence-corrected chi connectivity index (χ4v) is 4.66. The van der Waals surface area contributed by atoms with E-state index in [0.29, 0.717) is 29.0 Å². The number of rotatable bonds is 10. The Morgan fingerprint density at radius 2 is 1.73 bits per heavy atom. The van der Waals surface area contributed by atoms with Crippen LogP contribution in [0.3, 0.4) is 0 Å². The Bertz CT molecular complexity index is 1240. The van der Waals surface area contributed by atoms with Crippen LogP contribution < -0.4 is 15.4 Å². The molecule has 4 atom stereocenters. The first-order valence-electron chi connectivity index (χ1n) is 13.7. The van der Waals surface area contributed by atoms with Crippen LogP contribution in [0.4, 0.5) is 10.5 Å². The number of hydrogen-bond donors (Lipinski definition) is 2. The lowest BCUT2D eigenvalue weighted by Crippen LogP contribution is -2.53. The number of hydrogen-bond acceptors (Lipinski definition) is 5. The van der Waals surface area contributed by atoms with Crippen LogP contribution in [-0.4, -0.2) is 47.6 Å². The van der Waals surface area contributed by atoms with Crippen LogP contribution >= 0.6 is 0 Å². The highest BCUT2D eigenvalue weighted by Gasteiger charge is 2.48. The minimum atomic E-state index is -1.02. The number of alkyl carbamates (subject to hydrolysis) is 1. The van der Waals surface area contributed by atoms with Crippen molar-refractivity contribution in [3.8, 4) is 18.1 Å². The molecule has 0 spiro atoms. The van der Waals surface area contributed by atoms with E-state index in [4.69, 9.17) is 15.9 Å². The van der Waals surface area contributed by atoms with Crippen LogP contribution in [0.1, 0.15) is 71.6 Å². The first-order valence-corrected chi connectivity index (χ1v) is 13.7. The summed E-state index contributed by atoms with van der Waals surface area (Å²) >= 11 is 0. The third-order valence-corrected chi connectivity index (χ3v) is 6.67. The molecule has 1 fully saturated rings. The monoisotopic (exact) mass is 547 g/mol. The zero-order valence-corrected chi connectivity index (χ0v) is 24.5. The normalized spacial score (nSPS) is 17.7. The maximum absolute atomic E-state index is 14.4. The van der Waals surface area contributed by atoms with Crippen LogP contribution in [0.5, 0.6) is 5.75 Å². The van der Waals surface area contributed by atoms with Crippen molar-refractivity contribution in [1.82, 2.24) is 10.2 Å².